The number of H-pyrrole nitrogens is 1. The van der Waals surface area contributed by atoms with Crippen molar-refractivity contribution in [2.75, 3.05) is 19.6 Å². The van der Waals surface area contributed by atoms with Gasteiger partial charge in [0.1, 0.15) is 0 Å². The molecule has 0 bridgehead atoms. The van der Waals surface area contributed by atoms with Crippen molar-refractivity contribution in [3.8, 4) is 0 Å². The minimum absolute atomic E-state index is 0.133. The fraction of sp³-hybridized carbons (Fsp3) is 0.692. The average molecular weight is 223 g/mol. The predicted molar refractivity (Wildman–Crippen MR) is 69.5 cm³/mol. The highest BCUT2D eigenvalue weighted by atomic mass is 14.9. The van der Waals surface area contributed by atoms with E-state index in [0.717, 1.165) is 13.1 Å². The second-order valence-corrected chi connectivity index (χ2v) is 5.94. The summed E-state index contributed by atoms with van der Waals surface area (Å²) in [5.74, 6) is 0. The molecule has 0 aliphatic rings. The molecule has 0 aliphatic carbocycles. The first-order chi connectivity index (χ1) is 7.37. The Hall–Kier alpha value is -0.800. The van der Waals surface area contributed by atoms with E-state index in [1.54, 1.807) is 0 Å². The Balaban J connectivity index is 2.43. The zero-order valence-electron chi connectivity index (χ0n) is 10.9. The van der Waals surface area contributed by atoms with Crippen LogP contribution in [0.4, 0.5) is 0 Å². The molecule has 16 heavy (non-hydrogen) atoms. The largest absolute Gasteiger partial charge is 0.365 e. The van der Waals surface area contributed by atoms with Crippen LogP contribution in [0.3, 0.4) is 0 Å². The zero-order chi connectivity index (χ0) is 12.2. The van der Waals surface area contributed by atoms with Gasteiger partial charge in [0, 0.05) is 30.4 Å². The fourth-order valence-electron chi connectivity index (χ4n) is 1.63. The summed E-state index contributed by atoms with van der Waals surface area (Å²) in [5.41, 5.74) is 7.28. The monoisotopic (exact) mass is 223 g/mol. The smallest absolute Gasteiger partial charge is 0.0217 e. The topological polar surface area (TPSA) is 53.8 Å². The molecule has 4 N–H and O–H groups in total. The Bertz CT molecular complexity index is 299. The molecule has 0 saturated heterocycles. The third-order valence-electron chi connectivity index (χ3n) is 3.05. The Morgan fingerprint density at radius 1 is 1.25 bits per heavy atom. The molecule has 0 atom stereocenters. The Kier molecular flexibility index (Phi) is 4.16. The Labute approximate surface area is 98.8 Å². The lowest BCUT2D eigenvalue weighted by Crippen LogP contribution is -2.41. The Morgan fingerprint density at radius 2 is 1.94 bits per heavy atom. The molecule has 0 spiro atoms. The van der Waals surface area contributed by atoms with Crippen molar-refractivity contribution in [1.82, 2.24) is 10.3 Å². The molecule has 92 valence electrons. The standard InChI is InChI=1S/C13H25N3/c1-12(2,8-14)9-15-10-13(3,4)11-6-5-7-16-11/h5-7,15-16H,8-10,14H2,1-4H3. The maximum absolute atomic E-state index is 5.70. The summed E-state index contributed by atoms with van der Waals surface area (Å²) in [7, 11) is 0. The van der Waals surface area contributed by atoms with Gasteiger partial charge in [-0.15, -0.1) is 0 Å². The van der Waals surface area contributed by atoms with Crippen LogP contribution in [0.25, 0.3) is 0 Å². The molecule has 0 unspecified atom stereocenters. The van der Waals surface area contributed by atoms with Gasteiger partial charge in [-0.25, -0.2) is 0 Å². The lowest BCUT2D eigenvalue weighted by Gasteiger charge is -2.28. The number of aromatic nitrogens is 1. The molecule has 0 aliphatic heterocycles. The summed E-state index contributed by atoms with van der Waals surface area (Å²) in [4.78, 5) is 3.27. The van der Waals surface area contributed by atoms with Crippen LogP contribution in [0.15, 0.2) is 18.3 Å². The van der Waals surface area contributed by atoms with Crippen LogP contribution in [-0.2, 0) is 5.41 Å². The van der Waals surface area contributed by atoms with Gasteiger partial charge in [0.15, 0.2) is 0 Å². The van der Waals surface area contributed by atoms with E-state index in [-0.39, 0.29) is 10.8 Å². The molecule has 0 fully saturated rings. The number of nitrogens with two attached hydrogens (primary N) is 1. The van der Waals surface area contributed by atoms with Crippen LogP contribution in [-0.4, -0.2) is 24.6 Å². The van der Waals surface area contributed by atoms with Crippen molar-refractivity contribution in [3.05, 3.63) is 24.0 Å². The second-order valence-electron chi connectivity index (χ2n) is 5.94. The van der Waals surface area contributed by atoms with Crippen LogP contribution in [0.1, 0.15) is 33.4 Å². The number of aromatic amines is 1. The molecule has 1 rings (SSSR count). The maximum Gasteiger partial charge on any atom is 0.0217 e. The fourth-order valence-corrected chi connectivity index (χ4v) is 1.63. The molecular weight excluding hydrogens is 198 g/mol. The molecule has 1 heterocycles. The van der Waals surface area contributed by atoms with Gasteiger partial charge in [-0.2, -0.15) is 0 Å². The van der Waals surface area contributed by atoms with Crippen molar-refractivity contribution in [3.63, 3.8) is 0 Å². The van der Waals surface area contributed by atoms with Crippen molar-refractivity contribution in [2.24, 2.45) is 11.1 Å². The van der Waals surface area contributed by atoms with E-state index in [1.165, 1.54) is 5.69 Å². The SMILES string of the molecule is CC(C)(CN)CNCC(C)(C)c1ccc[nH]1. The highest BCUT2D eigenvalue weighted by Crippen LogP contribution is 2.20. The van der Waals surface area contributed by atoms with Crippen molar-refractivity contribution < 1.29 is 0 Å². The minimum Gasteiger partial charge on any atom is -0.365 e. The van der Waals surface area contributed by atoms with Gasteiger partial charge >= 0.3 is 0 Å². The van der Waals surface area contributed by atoms with Gasteiger partial charge in [0.25, 0.3) is 0 Å². The van der Waals surface area contributed by atoms with Gasteiger partial charge < -0.3 is 16.0 Å². The van der Waals surface area contributed by atoms with E-state index in [2.05, 4.69) is 44.1 Å². The summed E-state index contributed by atoms with van der Waals surface area (Å²) in [6.45, 7) is 11.5. The first kappa shape index (κ1) is 13.3. The quantitative estimate of drug-likeness (QED) is 0.689. The molecular formula is C13H25N3. The predicted octanol–water partition coefficient (Wildman–Crippen LogP) is 1.87. The highest BCUT2D eigenvalue weighted by molar-refractivity contribution is 5.15. The van der Waals surface area contributed by atoms with Gasteiger partial charge in [-0.3, -0.25) is 0 Å². The lowest BCUT2D eigenvalue weighted by atomic mass is 9.88. The van der Waals surface area contributed by atoms with Crippen molar-refractivity contribution in [2.45, 2.75) is 33.1 Å². The summed E-state index contributed by atoms with van der Waals surface area (Å²) in [6, 6.07) is 4.18. The zero-order valence-corrected chi connectivity index (χ0v) is 10.9. The molecule has 0 aromatic carbocycles. The number of hydrogen-bond donors (Lipinski definition) is 3. The number of hydrogen-bond acceptors (Lipinski definition) is 2. The van der Waals surface area contributed by atoms with Gasteiger partial charge in [-0.05, 0) is 24.1 Å². The maximum atomic E-state index is 5.70. The summed E-state index contributed by atoms with van der Waals surface area (Å²) in [5, 5.41) is 3.51. The van der Waals surface area contributed by atoms with Crippen molar-refractivity contribution in [1.29, 1.82) is 0 Å². The Morgan fingerprint density at radius 3 is 2.44 bits per heavy atom. The molecule has 3 heteroatoms. The summed E-state index contributed by atoms with van der Waals surface area (Å²) >= 11 is 0. The van der Waals surface area contributed by atoms with E-state index in [1.807, 2.05) is 12.3 Å². The molecule has 0 saturated carbocycles. The molecule has 0 amide bonds. The van der Waals surface area contributed by atoms with E-state index >= 15 is 0 Å². The third kappa shape index (κ3) is 3.65. The van der Waals surface area contributed by atoms with E-state index in [9.17, 15) is 0 Å². The van der Waals surface area contributed by atoms with Crippen LogP contribution < -0.4 is 11.1 Å². The molecule has 0 radical (unpaired) electrons. The highest BCUT2D eigenvalue weighted by Gasteiger charge is 2.22. The van der Waals surface area contributed by atoms with Gasteiger partial charge in [0.2, 0.25) is 0 Å². The van der Waals surface area contributed by atoms with E-state index < -0.39 is 0 Å². The normalized spacial score (nSPS) is 13.1. The molecule has 1 aromatic rings. The summed E-state index contributed by atoms with van der Waals surface area (Å²) < 4.78 is 0. The van der Waals surface area contributed by atoms with Crippen molar-refractivity contribution >= 4 is 0 Å². The number of rotatable bonds is 6. The van der Waals surface area contributed by atoms with Crippen LogP contribution >= 0.6 is 0 Å². The van der Waals surface area contributed by atoms with E-state index in [4.69, 9.17) is 5.73 Å². The van der Waals surface area contributed by atoms with Crippen LogP contribution in [0.5, 0.6) is 0 Å². The first-order valence-corrected chi connectivity index (χ1v) is 5.92. The third-order valence-corrected chi connectivity index (χ3v) is 3.05. The van der Waals surface area contributed by atoms with E-state index in [0.29, 0.717) is 6.54 Å². The first-order valence-electron chi connectivity index (χ1n) is 5.92. The average Bonchev–Trinajstić information content (AvgIpc) is 2.70. The number of nitrogens with one attached hydrogen (secondary N) is 2. The van der Waals surface area contributed by atoms with Crippen LogP contribution in [0.2, 0.25) is 0 Å². The minimum atomic E-state index is 0.133. The molecule has 3 nitrogen and oxygen atoms in total. The summed E-state index contributed by atoms with van der Waals surface area (Å²) in [6.07, 6.45) is 1.97. The van der Waals surface area contributed by atoms with Gasteiger partial charge in [-0.1, -0.05) is 27.7 Å². The lowest BCUT2D eigenvalue weighted by molar-refractivity contribution is 0.331. The second kappa shape index (κ2) is 5.02. The van der Waals surface area contributed by atoms with Gasteiger partial charge in [0.05, 0.1) is 0 Å². The van der Waals surface area contributed by atoms with Crippen LogP contribution in [0, 0.1) is 5.41 Å². The molecule has 1 aromatic heterocycles.